The van der Waals surface area contributed by atoms with E-state index in [9.17, 15) is 0 Å². The Kier molecular flexibility index (Phi) is 3.14. The third-order valence-electron chi connectivity index (χ3n) is 2.22. The Morgan fingerprint density at radius 2 is 2.19 bits per heavy atom. The van der Waals surface area contributed by atoms with Crippen molar-refractivity contribution in [2.45, 2.75) is 13.3 Å². The molecule has 2 rings (SSSR count). The van der Waals surface area contributed by atoms with E-state index in [1.54, 1.807) is 10.9 Å². The molecule has 0 aliphatic carbocycles. The fraction of sp³-hybridized carbons (Fsp3) is 0.364. The van der Waals surface area contributed by atoms with Crippen LogP contribution in [0, 0.1) is 0 Å². The summed E-state index contributed by atoms with van der Waals surface area (Å²) in [7, 11) is 1.88. The third kappa shape index (κ3) is 2.36. The van der Waals surface area contributed by atoms with Crippen molar-refractivity contribution in [3.63, 3.8) is 0 Å². The van der Waals surface area contributed by atoms with Gasteiger partial charge in [0, 0.05) is 25.4 Å². The van der Waals surface area contributed by atoms with E-state index < -0.39 is 0 Å². The summed E-state index contributed by atoms with van der Waals surface area (Å²) in [4.78, 5) is 0. The molecule has 0 amide bonds. The zero-order valence-electron chi connectivity index (χ0n) is 9.51. The molecular weight excluding hydrogens is 202 g/mol. The van der Waals surface area contributed by atoms with Crippen molar-refractivity contribution in [1.82, 2.24) is 20.0 Å². The van der Waals surface area contributed by atoms with Gasteiger partial charge in [0.1, 0.15) is 5.82 Å². The van der Waals surface area contributed by atoms with E-state index >= 15 is 0 Å². The molecule has 0 unspecified atom stereocenters. The summed E-state index contributed by atoms with van der Waals surface area (Å²) in [6, 6.07) is 3.88. The highest BCUT2D eigenvalue weighted by Gasteiger charge is 2.02. The summed E-state index contributed by atoms with van der Waals surface area (Å²) in [6.45, 7) is 3.03. The SMILES string of the molecule is CCCNc1ccc(-c2cnn(C)c2)nn1. The molecule has 0 aromatic carbocycles. The van der Waals surface area contributed by atoms with Gasteiger partial charge in [-0.2, -0.15) is 5.10 Å². The van der Waals surface area contributed by atoms with Crippen molar-refractivity contribution in [1.29, 1.82) is 0 Å². The summed E-state index contributed by atoms with van der Waals surface area (Å²) >= 11 is 0. The van der Waals surface area contributed by atoms with E-state index in [1.165, 1.54) is 0 Å². The van der Waals surface area contributed by atoms with Crippen LogP contribution in [0.5, 0.6) is 0 Å². The van der Waals surface area contributed by atoms with Gasteiger partial charge in [-0.3, -0.25) is 4.68 Å². The van der Waals surface area contributed by atoms with Gasteiger partial charge in [-0.05, 0) is 18.6 Å². The largest absolute Gasteiger partial charge is 0.369 e. The first-order valence-electron chi connectivity index (χ1n) is 5.36. The smallest absolute Gasteiger partial charge is 0.148 e. The van der Waals surface area contributed by atoms with Crippen molar-refractivity contribution in [3.05, 3.63) is 24.5 Å². The molecule has 84 valence electrons. The maximum absolute atomic E-state index is 4.15. The molecule has 0 saturated heterocycles. The molecular formula is C11H15N5. The van der Waals surface area contributed by atoms with Gasteiger partial charge in [0.2, 0.25) is 0 Å². The van der Waals surface area contributed by atoms with Crippen LogP contribution in [0.4, 0.5) is 5.82 Å². The number of aromatic nitrogens is 4. The van der Waals surface area contributed by atoms with Crippen molar-refractivity contribution >= 4 is 5.82 Å². The minimum Gasteiger partial charge on any atom is -0.369 e. The molecule has 5 nitrogen and oxygen atoms in total. The second-order valence-corrected chi connectivity index (χ2v) is 3.63. The maximum atomic E-state index is 4.15. The van der Waals surface area contributed by atoms with E-state index in [-0.39, 0.29) is 0 Å². The van der Waals surface area contributed by atoms with Crippen LogP contribution in [0.2, 0.25) is 0 Å². The molecule has 0 aliphatic rings. The van der Waals surface area contributed by atoms with Gasteiger partial charge in [0.05, 0.1) is 11.9 Å². The lowest BCUT2D eigenvalue weighted by atomic mass is 10.2. The lowest BCUT2D eigenvalue weighted by molar-refractivity contribution is 0.768. The normalized spacial score (nSPS) is 10.4. The average molecular weight is 217 g/mol. The monoisotopic (exact) mass is 217 g/mol. The summed E-state index contributed by atoms with van der Waals surface area (Å²) in [5.74, 6) is 0.814. The highest BCUT2D eigenvalue weighted by atomic mass is 15.2. The second-order valence-electron chi connectivity index (χ2n) is 3.63. The molecule has 0 fully saturated rings. The highest BCUT2D eigenvalue weighted by molar-refractivity contribution is 5.57. The van der Waals surface area contributed by atoms with E-state index in [0.717, 1.165) is 30.0 Å². The van der Waals surface area contributed by atoms with Gasteiger partial charge in [-0.1, -0.05) is 6.92 Å². The molecule has 0 atom stereocenters. The van der Waals surface area contributed by atoms with Crippen LogP contribution in [-0.4, -0.2) is 26.5 Å². The predicted octanol–water partition coefficient (Wildman–Crippen LogP) is 1.70. The van der Waals surface area contributed by atoms with Gasteiger partial charge >= 0.3 is 0 Å². The zero-order chi connectivity index (χ0) is 11.4. The lowest BCUT2D eigenvalue weighted by Crippen LogP contribution is -2.02. The van der Waals surface area contributed by atoms with Gasteiger partial charge in [-0.15, -0.1) is 10.2 Å². The van der Waals surface area contributed by atoms with Crippen LogP contribution >= 0.6 is 0 Å². The minimum atomic E-state index is 0.814. The number of rotatable bonds is 4. The molecule has 2 aromatic rings. The molecule has 0 bridgehead atoms. The number of nitrogens with one attached hydrogen (secondary N) is 1. The van der Waals surface area contributed by atoms with E-state index in [4.69, 9.17) is 0 Å². The number of hydrogen-bond donors (Lipinski definition) is 1. The van der Waals surface area contributed by atoms with Gasteiger partial charge < -0.3 is 5.32 Å². The lowest BCUT2D eigenvalue weighted by Gasteiger charge is -2.02. The summed E-state index contributed by atoms with van der Waals surface area (Å²) < 4.78 is 1.75. The van der Waals surface area contributed by atoms with Crippen LogP contribution in [-0.2, 0) is 7.05 Å². The molecule has 5 heteroatoms. The van der Waals surface area contributed by atoms with E-state index in [1.807, 2.05) is 25.4 Å². The Morgan fingerprint density at radius 3 is 2.75 bits per heavy atom. The Hall–Kier alpha value is -1.91. The Bertz CT molecular complexity index is 446. The topological polar surface area (TPSA) is 55.6 Å². The van der Waals surface area contributed by atoms with Gasteiger partial charge in [0.25, 0.3) is 0 Å². The predicted molar refractivity (Wildman–Crippen MR) is 63.0 cm³/mol. The first-order chi connectivity index (χ1) is 7.79. The van der Waals surface area contributed by atoms with Crippen molar-refractivity contribution in [2.75, 3.05) is 11.9 Å². The Morgan fingerprint density at radius 1 is 1.31 bits per heavy atom. The molecule has 0 spiro atoms. The summed E-state index contributed by atoms with van der Waals surface area (Å²) in [5.41, 5.74) is 1.83. The Labute approximate surface area is 94.5 Å². The average Bonchev–Trinajstić information content (AvgIpc) is 2.74. The minimum absolute atomic E-state index is 0.814. The van der Waals surface area contributed by atoms with E-state index in [0.29, 0.717) is 0 Å². The van der Waals surface area contributed by atoms with Gasteiger partial charge in [-0.25, -0.2) is 0 Å². The quantitative estimate of drug-likeness (QED) is 0.846. The Balaban J connectivity index is 2.13. The van der Waals surface area contributed by atoms with Crippen LogP contribution in [0.25, 0.3) is 11.3 Å². The van der Waals surface area contributed by atoms with Crippen molar-refractivity contribution in [2.24, 2.45) is 7.05 Å². The first kappa shape index (κ1) is 10.6. The number of hydrogen-bond acceptors (Lipinski definition) is 4. The van der Waals surface area contributed by atoms with E-state index in [2.05, 4.69) is 27.5 Å². The summed E-state index contributed by atoms with van der Waals surface area (Å²) in [6.07, 6.45) is 4.78. The first-order valence-corrected chi connectivity index (χ1v) is 5.36. The van der Waals surface area contributed by atoms with Crippen LogP contribution in [0.3, 0.4) is 0 Å². The highest BCUT2D eigenvalue weighted by Crippen LogP contribution is 2.15. The molecule has 2 aromatic heterocycles. The van der Waals surface area contributed by atoms with Crippen LogP contribution < -0.4 is 5.32 Å². The van der Waals surface area contributed by atoms with Crippen molar-refractivity contribution < 1.29 is 0 Å². The van der Waals surface area contributed by atoms with Crippen LogP contribution in [0.15, 0.2) is 24.5 Å². The molecule has 0 radical (unpaired) electrons. The maximum Gasteiger partial charge on any atom is 0.148 e. The molecule has 2 heterocycles. The van der Waals surface area contributed by atoms with Gasteiger partial charge in [0.15, 0.2) is 0 Å². The molecule has 0 aliphatic heterocycles. The third-order valence-corrected chi connectivity index (χ3v) is 2.22. The molecule has 0 saturated carbocycles. The zero-order valence-corrected chi connectivity index (χ0v) is 9.51. The number of anilines is 1. The second kappa shape index (κ2) is 4.74. The van der Waals surface area contributed by atoms with Crippen molar-refractivity contribution in [3.8, 4) is 11.3 Å². The number of aryl methyl sites for hydroxylation is 1. The standard InChI is InChI=1S/C11H15N5/c1-3-6-12-11-5-4-10(14-15-11)9-7-13-16(2)8-9/h4-5,7-8H,3,6H2,1-2H3,(H,12,15). The fourth-order valence-corrected chi connectivity index (χ4v) is 1.39. The van der Waals surface area contributed by atoms with Crippen LogP contribution in [0.1, 0.15) is 13.3 Å². The number of nitrogens with zero attached hydrogens (tertiary/aromatic N) is 4. The molecule has 16 heavy (non-hydrogen) atoms. The molecule has 1 N–H and O–H groups in total. The fourth-order valence-electron chi connectivity index (χ4n) is 1.39. The summed E-state index contributed by atoms with van der Waals surface area (Å²) in [5, 5.41) is 15.5.